The number of aromatic nitrogens is 2. The predicted octanol–water partition coefficient (Wildman–Crippen LogP) is 1.36. The first-order chi connectivity index (χ1) is 14.0. The van der Waals surface area contributed by atoms with Crippen molar-refractivity contribution >= 4 is 33.3 Å². The third kappa shape index (κ3) is 4.58. The second kappa shape index (κ2) is 8.00. The highest BCUT2D eigenvalue weighted by atomic mass is 35.5. The van der Waals surface area contributed by atoms with Gasteiger partial charge in [-0.15, -0.1) is 0 Å². The summed E-state index contributed by atoms with van der Waals surface area (Å²) in [5, 5.41) is -3.66. The van der Waals surface area contributed by atoms with E-state index in [2.05, 4.69) is 4.74 Å². The van der Waals surface area contributed by atoms with Gasteiger partial charge in [-0.25, -0.2) is 26.9 Å². The SMILES string of the molecule is COC(=O)C(F)(Cl)N(c1ccc(-n2c(=O)cc(C(F)(F)F)n(C)c2=O)cc1)S(C)(=O)=O. The summed E-state index contributed by atoms with van der Waals surface area (Å²) in [7, 11) is -2.91. The molecule has 0 saturated carbocycles. The van der Waals surface area contributed by atoms with Crippen LogP contribution in [0.25, 0.3) is 5.69 Å². The predicted molar refractivity (Wildman–Crippen MR) is 101 cm³/mol. The molecule has 0 fully saturated rings. The summed E-state index contributed by atoms with van der Waals surface area (Å²) in [6.07, 6.45) is -4.40. The number of esters is 1. The molecule has 0 radical (unpaired) electrons. The van der Waals surface area contributed by atoms with Gasteiger partial charge in [-0.2, -0.15) is 17.6 Å². The lowest BCUT2D eigenvalue weighted by Crippen LogP contribution is -2.50. The van der Waals surface area contributed by atoms with Crippen LogP contribution in [0, 0.1) is 0 Å². The number of benzene rings is 1. The Morgan fingerprint density at radius 3 is 2.06 bits per heavy atom. The molecule has 1 atom stereocenters. The minimum Gasteiger partial charge on any atom is -0.464 e. The van der Waals surface area contributed by atoms with Gasteiger partial charge in [0.15, 0.2) is 0 Å². The smallest absolute Gasteiger partial charge is 0.431 e. The van der Waals surface area contributed by atoms with Crippen LogP contribution in [0.15, 0.2) is 39.9 Å². The number of carbonyl (C=O) groups is 1. The van der Waals surface area contributed by atoms with Crippen LogP contribution >= 0.6 is 11.6 Å². The standard InChI is InChI=1S/C16H14ClF4N3O6S/c1-22-11(16(19,20)21)8-12(25)23(14(22)27)9-4-6-10(7-5-9)24(31(3,28)29)15(17,18)13(26)30-2/h4-8H,1-3H3. The highest BCUT2D eigenvalue weighted by Crippen LogP contribution is 2.33. The minimum absolute atomic E-state index is 0.106. The van der Waals surface area contributed by atoms with E-state index in [0.717, 1.165) is 38.4 Å². The first-order valence-corrected chi connectivity index (χ1v) is 10.2. The van der Waals surface area contributed by atoms with E-state index in [1.54, 1.807) is 0 Å². The number of nitrogens with zero attached hydrogens (tertiary/aromatic N) is 3. The average Bonchev–Trinajstić information content (AvgIpc) is 2.63. The van der Waals surface area contributed by atoms with Crippen molar-refractivity contribution in [2.45, 2.75) is 11.4 Å². The highest BCUT2D eigenvalue weighted by molar-refractivity contribution is 7.92. The molecule has 1 heterocycles. The molecule has 2 aromatic rings. The fourth-order valence-corrected chi connectivity index (χ4v) is 4.19. The van der Waals surface area contributed by atoms with Crippen molar-refractivity contribution in [3.8, 4) is 5.69 Å². The molecule has 0 aliphatic rings. The van der Waals surface area contributed by atoms with E-state index in [0.29, 0.717) is 10.8 Å². The average molecular weight is 488 g/mol. The van der Waals surface area contributed by atoms with Gasteiger partial charge in [0, 0.05) is 13.1 Å². The van der Waals surface area contributed by atoms with E-state index in [-0.39, 0.29) is 20.6 Å². The fraction of sp³-hybridized carbons (Fsp3) is 0.312. The zero-order chi connectivity index (χ0) is 23.9. The van der Waals surface area contributed by atoms with E-state index in [1.807, 2.05) is 0 Å². The Balaban J connectivity index is 2.65. The number of sulfonamides is 1. The van der Waals surface area contributed by atoms with Gasteiger partial charge in [0.1, 0.15) is 5.69 Å². The molecule has 1 aromatic heterocycles. The van der Waals surface area contributed by atoms with E-state index >= 15 is 0 Å². The Hall–Kier alpha value is -2.87. The Bertz CT molecular complexity index is 1240. The maximum absolute atomic E-state index is 14.7. The van der Waals surface area contributed by atoms with Crippen LogP contribution in [0.1, 0.15) is 5.69 Å². The molecule has 15 heteroatoms. The quantitative estimate of drug-likeness (QED) is 0.273. The zero-order valence-electron chi connectivity index (χ0n) is 16.0. The highest BCUT2D eigenvalue weighted by Gasteiger charge is 2.49. The van der Waals surface area contributed by atoms with Gasteiger partial charge < -0.3 is 4.74 Å². The molecule has 1 aromatic carbocycles. The van der Waals surface area contributed by atoms with Crippen LogP contribution in [-0.4, -0.2) is 42.1 Å². The maximum Gasteiger partial charge on any atom is 0.431 e. The molecule has 0 bridgehead atoms. The lowest BCUT2D eigenvalue weighted by Gasteiger charge is -2.30. The van der Waals surface area contributed by atoms with Crippen molar-refractivity contribution in [3.63, 3.8) is 0 Å². The molecule has 0 amide bonds. The molecule has 0 aliphatic carbocycles. The van der Waals surface area contributed by atoms with E-state index in [9.17, 15) is 40.4 Å². The summed E-state index contributed by atoms with van der Waals surface area (Å²) in [5.74, 6) is -1.74. The number of alkyl halides is 5. The lowest BCUT2D eigenvalue weighted by atomic mass is 10.2. The summed E-state index contributed by atoms with van der Waals surface area (Å²) in [6.45, 7) is 0. The molecule has 0 saturated heterocycles. The van der Waals surface area contributed by atoms with Gasteiger partial charge in [-0.05, 0) is 35.9 Å². The maximum atomic E-state index is 14.7. The fourth-order valence-electron chi connectivity index (χ4n) is 2.64. The van der Waals surface area contributed by atoms with Crippen molar-refractivity contribution in [2.75, 3.05) is 17.7 Å². The van der Waals surface area contributed by atoms with Gasteiger partial charge >= 0.3 is 23.1 Å². The van der Waals surface area contributed by atoms with E-state index in [1.165, 1.54) is 0 Å². The topological polar surface area (TPSA) is 108 Å². The van der Waals surface area contributed by atoms with Crippen LogP contribution < -0.4 is 15.6 Å². The molecule has 170 valence electrons. The van der Waals surface area contributed by atoms with Crippen molar-refractivity contribution in [3.05, 3.63) is 56.9 Å². The molecular weight excluding hydrogens is 474 g/mol. The van der Waals surface area contributed by atoms with Crippen LogP contribution in [0.4, 0.5) is 23.2 Å². The summed E-state index contributed by atoms with van der Waals surface area (Å²) >= 11 is 5.45. The molecule has 9 nitrogen and oxygen atoms in total. The summed E-state index contributed by atoms with van der Waals surface area (Å²) in [6, 6.07) is 3.89. The van der Waals surface area contributed by atoms with E-state index in [4.69, 9.17) is 11.6 Å². The molecular formula is C16H14ClF4N3O6S. The second-order valence-corrected chi connectivity index (χ2v) is 8.45. The first-order valence-electron chi connectivity index (χ1n) is 8.00. The molecule has 2 rings (SSSR count). The van der Waals surface area contributed by atoms with Gasteiger partial charge in [0.05, 0.1) is 24.7 Å². The van der Waals surface area contributed by atoms with Crippen LogP contribution in [0.2, 0.25) is 0 Å². The van der Waals surface area contributed by atoms with Crippen molar-refractivity contribution < 1.29 is 35.5 Å². The van der Waals surface area contributed by atoms with Crippen LogP contribution in [0.3, 0.4) is 0 Å². The van der Waals surface area contributed by atoms with Crippen LogP contribution in [0.5, 0.6) is 0 Å². The molecule has 1 unspecified atom stereocenters. The summed E-state index contributed by atoms with van der Waals surface area (Å²) < 4.78 is 82.2. The van der Waals surface area contributed by atoms with E-state index < -0.39 is 50.1 Å². The van der Waals surface area contributed by atoms with Crippen molar-refractivity contribution in [1.29, 1.82) is 0 Å². The lowest BCUT2D eigenvalue weighted by molar-refractivity contribution is -0.148. The number of halogens is 5. The third-order valence-corrected chi connectivity index (χ3v) is 5.52. The molecule has 0 spiro atoms. The summed E-state index contributed by atoms with van der Waals surface area (Å²) in [5.41, 5.74) is -4.87. The molecule has 0 N–H and O–H groups in total. The Morgan fingerprint density at radius 2 is 1.65 bits per heavy atom. The number of anilines is 1. The number of hydrogen-bond donors (Lipinski definition) is 0. The van der Waals surface area contributed by atoms with Crippen LogP contribution in [-0.2, 0) is 32.8 Å². The van der Waals surface area contributed by atoms with Crippen molar-refractivity contribution in [2.24, 2.45) is 7.05 Å². The normalized spacial score (nSPS) is 14.1. The largest absolute Gasteiger partial charge is 0.464 e. The third-order valence-electron chi connectivity index (χ3n) is 3.97. The Morgan fingerprint density at radius 1 is 1.13 bits per heavy atom. The number of hydrogen-bond acceptors (Lipinski definition) is 6. The Kier molecular flexibility index (Phi) is 6.29. The minimum atomic E-state index is -4.95. The van der Waals surface area contributed by atoms with Crippen molar-refractivity contribution in [1.82, 2.24) is 9.13 Å². The number of methoxy groups -OCH3 is 1. The van der Waals surface area contributed by atoms with Gasteiger partial charge in [0.2, 0.25) is 10.0 Å². The van der Waals surface area contributed by atoms with Gasteiger partial charge in [0.25, 0.3) is 5.56 Å². The molecule has 31 heavy (non-hydrogen) atoms. The Labute approximate surface area is 177 Å². The number of rotatable bonds is 5. The van der Waals surface area contributed by atoms with Gasteiger partial charge in [-0.1, -0.05) is 0 Å². The molecule has 0 aliphatic heterocycles. The summed E-state index contributed by atoms with van der Waals surface area (Å²) in [4.78, 5) is 36.0. The van der Waals surface area contributed by atoms with Gasteiger partial charge in [-0.3, -0.25) is 9.36 Å². The number of carbonyl (C=O) groups excluding carboxylic acids is 1. The number of ether oxygens (including phenoxy) is 1. The zero-order valence-corrected chi connectivity index (χ0v) is 17.5. The first kappa shape index (κ1) is 24.4. The monoisotopic (exact) mass is 487 g/mol. The second-order valence-electron chi connectivity index (χ2n) is 6.12.